The minimum Gasteiger partial charge on any atom is -0.309 e. The van der Waals surface area contributed by atoms with Crippen molar-refractivity contribution in [2.24, 2.45) is 0 Å². The highest BCUT2D eigenvalue weighted by Crippen LogP contribution is 2.43. The summed E-state index contributed by atoms with van der Waals surface area (Å²) in [7, 11) is 0. The van der Waals surface area contributed by atoms with Crippen LogP contribution in [-0.4, -0.2) is 13.7 Å². The number of para-hydroxylation sites is 2. The van der Waals surface area contributed by atoms with Crippen molar-refractivity contribution in [3.63, 3.8) is 0 Å². The molecule has 11 aromatic rings. The Balaban J connectivity index is 1.20. The molecular weight excluding hydrogens is 579 g/mol. The van der Waals surface area contributed by atoms with Crippen molar-refractivity contribution >= 4 is 86.2 Å². The summed E-state index contributed by atoms with van der Waals surface area (Å²) < 4.78 is 9.95. The van der Waals surface area contributed by atoms with Gasteiger partial charge in [-0.05, 0) is 72.8 Å². The first-order valence-corrected chi connectivity index (χ1v) is 16.5. The molecule has 0 bridgehead atoms. The van der Waals surface area contributed by atoms with Gasteiger partial charge >= 0.3 is 0 Å². The zero-order valence-corrected chi connectivity index (χ0v) is 25.5. The minimum absolute atomic E-state index is 1.17. The summed E-state index contributed by atoms with van der Waals surface area (Å²) in [6.45, 7) is 0. The van der Waals surface area contributed by atoms with Crippen molar-refractivity contribution in [3.05, 3.63) is 152 Å². The third-order valence-electron chi connectivity index (χ3n) is 9.81. The molecule has 214 valence electrons. The standard InChI is InChI=1S/C42H25N3S/c1-2-10-26(11-3-1)43-34-15-8-17-36-41(34)42-35(43)16-9-18-37(42)45(36)27-20-22-30-29-12-4-6-14-33(29)44(38(30)24-27)28-21-23-32-31-13-5-7-19-39(31)46-40(32)25-28/h1-25H. The molecule has 4 aromatic heterocycles. The molecule has 46 heavy (non-hydrogen) atoms. The van der Waals surface area contributed by atoms with Crippen molar-refractivity contribution in [1.82, 2.24) is 13.7 Å². The molecule has 0 radical (unpaired) electrons. The van der Waals surface area contributed by atoms with Gasteiger partial charge in [-0.15, -0.1) is 11.3 Å². The first-order valence-electron chi connectivity index (χ1n) is 15.7. The molecule has 0 unspecified atom stereocenters. The van der Waals surface area contributed by atoms with E-state index in [2.05, 4.69) is 165 Å². The Hall–Kier alpha value is -5.84. The summed E-state index contributed by atoms with van der Waals surface area (Å²) in [5.74, 6) is 0. The molecule has 0 saturated heterocycles. The monoisotopic (exact) mass is 603 g/mol. The van der Waals surface area contributed by atoms with Gasteiger partial charge in [0, 0.05) is 58.8 Å². The predicted octanol–water partition coefficient (Wildman–Crippen LogP) is 11.6. The summed E-state index contributed by atoms with van der Waals surface area (Å²) in [5, 5.41) is 7.81. The minimum atomic E-state index is 1.17. The van der Waals surface area contributed by atoms with E-state index in [9.17, 15) is 0 Å². The molecule has 0 aliphatic heterocycles. The average molecular weight is 604 g/mol. The first kappa shape index (κ1) is 24.5. The quantitative estimate of drug-likeness (QED) is 0.191. The van der Waals surface area contributed by atoms with E-state index in [1.165, 1.54) is 91.9 Å². The Morgan fingerprint density at radius 1 is 0.304 bits per heavy atom. The second kappa shape index (κ2) is 8.87. The smallest absolute Gasteiger partial charge is 0.0563 e. The summed E-state index contributed by atoms with van der Waals surface area (Å²) in [6.07, 6.45) is 0. The first-order chi connectivity index (χ1) is 22.8. The van der Waals surface area contributed by atoms with Gasteiger partial charge in [-0.25, -0.2) is 0 Å². The van der Waals surface area contributed by atoms with Gasteiger partial charge in [-0.3, -0.25) is 0 Å². The van der Waals surface area contributed by atoms with Gasteiger partial charge in [-0.2, -0.15) is 0 Å². The van der Waals surface area contributed by atoms with E-state index in [1.54, 1.807) is 0 Å². The molecule has 4 heterocycles. The van der Waals surface area contributed by atoms with E-state index >= 15 is 0 Å². The number of nitrogens with zero attached hydrogens (tertiary/aromatic N) is 3. The van der Waals surface area contributed by atoms with Crippen molar-refractivity contribution in [3.8, 4) is 17.1 Å². The average Bonchev–Trinajstić information content (AvgIpc) is 3.84. The van der Waals surface area contributed by atoms with Crippen LogP contribution in [0.25, 0.3) is 91.9 Å². The molecule has 7 aromatic carbocycles. The predicted molar refractivity (Wildman–Crippen MR) is 196 cm³/mol. The van der Waals surface area contributed by atoms with Crippen molar-refractivity contribution < 1.29 is 0 Å². The number of fused-ring (bicyclic) bond motifs is 6. The lowest BCUT2D eigenvalue weighted by atomic mass is 10.1. The lowest BCUT2D eigenvalue weighted by molar-refractivity contribution is 1.15. The van der Waals surface area contributed by atoms with E-state index in [1.807, 2.05) is 11.3 Å². The number of aromatic nitrogens is 3. The second-order valence-electron chi connectivity index (χ2n) is 12.2. The van der Waals surface area contributed by atoms with Crippen LogP contribution in [0.1, 0.15) is 0 Å². The Labute approximate surface area is 267 Å². The highest BCUT2D eigenvalue weighted by atomic mass is 32.1. The third kappa shape index (κ3) is 3.11. The molecule has 0 N–H and O–H groups in total. The van der Waals surface area contributed by atoms with Crippen LogP contribution < -0.4 is 0 Å². The van der Waals surface area contributed by atoms with Crippen LogP contribution in [0, 0.1) is 0 Å². The molecule has 0 atom stereocenters. The summed E-state index contributed by atoms with van der Waals surface area (Å²) in [4.78, 5) is 0. The summed E-state index contributed by atoms with van der Waals surface area (Å²) in [6, 6.07) is 55.6. The van der Waals surface area contributed by atoms with Gasteiger partial charge < -0.3 is 13.7 Å². The normalized spacial score (nSPS) is 12.3. The van der Waals surface area contributed by atoms with E-state index in [0.29, 0.717) is 0 Å². The number of rotatable bonds is 3. The van der Waals surface area contributed by atoms with Crippen LogP contribution in [0.3, 0.4) is 0 Å². The second-order valence-corrected chi connectivity index (χ2v) is 13.3. The number of benzene rings is 7. The van der Waals surface area contributed by atoms with E-state index in [0.717, 1.165) is 0 Å². The van der Waals surface area contributed by atoms with Gasteiger partial charge in [0.05, 0.1) is 33.1 Å². The molecule has 0 fully saturated rings. The van der Waals surface area contributed by atoms with E-state index < -0.39 is 0 Å². The number of hydrogen-bond donors (Lipinski definition) is 0. The molecule has 3 nitrogen and oxygen atoms in total. The maximum atomic E-state index is 2.45. The van der Waals surface area contributed by atoms with Crippen molar-refractivity contribution in [1.29, 1.82) is 0 Å². The van der Waals surface area contributed by atoms with Crippen molar-refractivity contribution in [2.45, 2.75) is 0 Å². The summed E-state index contributed by atoms with van der Waals surface area (Å²) in [5.41, 5.74) is 10.9. The maximum absolute atomic E-state index is 2.45. The zero-order valence-electron chi connectivity index (χ0n) is 24.7. The largest absolute Gasteiger partial charge is 0.309 e. The van der Waals surface area contributed by atoms with Crippen LogP contribution in [0.2, 0.25) is 0 Å². The molecule has 0 aliphatic rings. The SMILES string of the molecule is c1ccc(-n2c3cccc4c3c3c2cccc3n4-c2ccc3c4ccccc4n(-c4ccc5c(c4)sc4ccccc45)c3c2)cc1. The van der Waals surface area contributed by atoms with Crippen LogP contribution >= 0.6 is 11.3 Å². The fourth-order valence-corrected chi connectivity index (χ4v) is 9.08. The van der Waals surface area contributed by atoms with Gasteiger partial charge in [0.15, 0.2) is 0 Å². The van der Waals surface area contributed by atoms with Gasteiger partial charge in [0.2, 0.25) is 0 Å². The fourth-order valence-electron chi connectivity index (χ4n) is 7.94. The Morgan fingerprint density at radius 2 is 0.804 bits per heavy atom. The van der Waals surface area contributed by atoms with Crippen molar-refractivity contribution in [2.75, 3.05) is 0 Å². The van der Waals surface area contributed by atoms with Crippen LogP contribution in [-0.2, 0) is 0 Å². The van der Waals surface area contributed by atoms with E-state index in [-0.39, 0.29) is 0 Å². The lowest BCUT2D eigenvalue weighted by Gasteiger charge is -2.13. The molecule has 0 saturated carbocycles. The molecule has 4 heteroatoms. The molecule has 0 aliphatic carbocycles. The molecular formula is C42H25N3S. The molecule has 0 spiro atoms. The Bertz CT molecular complexity index is 2900. The zero-order chi connectivity index (χ0) is 29.9. The Kier molecular flexibility index (Phi) is 4.72. The highest BCUT2D eigenvalue weighted by Gasteiger charge is 2.23. The molecule has 11 rings (SSSR count). The maximum Gasteiger partial charge on any atom is 0.0563 e. The van der Waals surface area contributed by atoms with Gasteiger partial charge in [0.25, 0.3) is 0 Å². The number of hydrogen-bond acceptors (Lipinski definition) is 1. The Morgan fingerprint density at radius 3 is 1.54 bits per heavy atom. The molecule has 0 amide bonds. The number of thiophene rings is 1. The van der Waals surface area contributed by atoms with Crippen LogP contribution in [0.15, 0.2) is 152 Å². The lowest BCUT2D eigenvalue weighted by Crippen LogP contribution is -1.99. The fraction of sp³-hybridized carbons (Fsp3) is 0. The van der Waals surface area contributed by atoms with Gasteiger partial charge in [0.1, 0.15) is 0 Å². The van der Waals surface area contributed by atoms with E-state index in [4.69, 9.17) is 0 Å². The summed E-state index contributed by atoms with van der Waals surface area (Å²) >= 11 is 1.87. The van der Waals surface area contributed by atoms with Crippen LogP contribution in [0.4, 0.5) is 0 Å². The topological polar surface area (TPSA) is 14.8 Å². The van der Waals surface area contributed by atoms with Gasteiger partial charge in [-0.1, -0.05) is 78.9 Å². The van der Waals surface area contributed by atoms with Crippen LogP contribution in [0.5, 0.6) is 0 Å². The third-order valence-corrected chi connectivity index (χ3v) is 10.9. The highest BCUT2D eigenvalue weighted by molar-refractivity contribution is 7.25.